The molecule has 3 rings (SSSR count). The fourth-order valence-electron chi connectivity index (χ4n) is 2.39. The molecule has 0 radical (unpaired) electrons. The predicted molar refractivity (Wildman–Crippen MR) is 82.1 cm³/mol. The van der Waals surface area contributed by atoms with Gasteiger partial charge in [0.25, 0.3) is 17.1 Å². The normalized spacial score (nSPS) is 20.2. The van der Waals surface area contributed by atoms with Crippen molar-refractivity contribution in [1.82, 2.24) is 5.32 Å². The second kappa shape index (κ2) is 5.48. The first-order valence-electron chi connectivity index (χ1n) is 6.29. The van der Waals surface area contributed by atoms with Crippen molar-refractivity contribution in [1.29, 1.82) is 5.26 Å². The van der Waals surface area contributed by atoms with E-state index in [0.29, 0.717) is 28.0 Å². The number of hydrogen-bond donors (Lipinski definition) is 1. The lowest BCUT2D eigenvalue weighted by atomic mass is 10.1. The van der Waals surface area contributed by atoms with Gasteiger partial charge in [0.2, 0.25) is 0 Å². The molecular formula is C14H8ClN3O3S. The van der Waals surface area contributed by atoms with Crippen molar-refractivity contribution in [2.75, 3.05) is 11.4 Å². The van der Waals surface area contributed by atoms with Crippen molar-refractivity contribution in [2.24, 2.45) is 0 Å². The summed E-state index contributed by atoms with van der Waals surface area (Å²) in [4.78, 5) is 37.4. The highest BCUT2D eigenvalue weighted by Gasteiger charge is 2.39. The van der Waals surface area contributed by atoms with Crippen molar-refractivity contribution in [3.8, 4) is 6.07 Å². The molecule has 1 N–H and O–H groups in total. The van der Waals surface area contributed by atoms with Crippen molar-refractivity contribution >= 4 is 51.7 Å². The minimum Gasteiger partial charge on any atom is -0.307 e. The maximum atomic E-state index is 12.6. The molecule has 3 amide bonds. The Morgan fingerprint density at radius 2 is 2.09 bits per heavy atom. The number of nitrogens with one attached hydrogen (secondary N) is 1. The van der Waals surface area contributed by atoms with E-state index in [1.54, 1.807) is 18.2 Å². The first kappa shape index (κ1) is 14.6. The van der Waals surface area contributed by atoms with E-state index in [0.717, 1.165) is 0 Å². The zero-order chi connectivity index (χ0) is 15.9. The van der Waals surface area contributed by atoms with Crippen LogP contribution in [0.2, 0.25) is 5.02 Å². The third-order valence-electron chi connectivity index (χ3n) is 3.27. The van der Waals surface area contributed by atoms with Crippen LogP contribution in [0.4, 0.5) is 10.5 Å². The molecule has 0 atom stereocenters. The number of carbonyl (C=O) groups excluding carboxylic acids is 3. The molecule has 2 aliphatic rings. The zero-order valence-electron chi connectivity index (χ0n) is 11.1. The summed E-state index contributed by atoms with van der Waals surface area (Å²) in [6.07, 6.45) is 0.161. The van der Waals surface area contributed by atoms with Crippen molar-refractivity contribution in [3.05, 3.63) is 33.7 Å². The number of hydrogen-bond acceptors (Lipinski definition) is 5. The van der Waals surface area contributed by atoms with Gasteiger partial charge in [-0.2, -0.15) is 5.26 Å². The molecule has 0 bridgehead atoms. The largest absolute Gasteiger partial charge is 0.307 e. The van der Waals surface area contributed by atoms with Crippen LogP contribution in [-0.4, -0.2) is 23.6 Å². The van der Waals surface area contributed by atoms with Gasteiger partial charge >= 0.3 is 0 Å². The van der Waals surface area contributed by atoms with Crippen LogP contribution in [0.1, 0.15) is 12.0 Å². The summed E-state index contributed by atoms with van der Waals surface area (Å²) >= 11 is 6.68. The first-order chi connectivity index (χ1) is 10.5. The topological polar surface area (TPSA) is 90.3 Å². The molecule has 22 heavy (non-hydrogen) atoms. The Morgan fingerprint density at radius 3 is 2.73 bits per heavy atom. The second-order valence-corrected chi connectivity index (χ2v) is 5.99. The van der Waals surface area contributed by atoms with Gasteiger partial charge in [0, 0.05) is 17.1 Å². The molecule has 1 aromatic rings. The Bertz CT molecular complexity index is 797. The molecule has 0 spiro atoms. The highest BCUT2D eigenvalue weighted by Crippen LogP contribution is 2.43. The second-order valence-electron chi connectivity index (χ2n) is 4.57. The van der Waals surface area contributed by atoms with Crippen LogP contribution in [0.15, 0.2) is 23.1 Å². The third-order valence-corrected chi connectivity index (χ3v) is 4.38. The monoisotopic (exact) mass is 333 g/mol. The van der Waals surface area contributed by atoms with E-state index in [1.165, 1.54) is 4.90 Å². The minimum atomic E-state index is -0.591. The van der Waals surface area contributed by atoms with E-state index in [2.05, 4.69) is 5.32 Å². The lowest BCUT2D eigenvalue weighted by Crippen LogP contribution is -2.28. The molecule has 2 aliphatic heterocycles. The van der Waals surface area contributed by atoms with Crippen molar-refractivity contribution < 1.29 is 14.4 Å². The summed E-state index contributed by atoms with van der Waals surface area (Å²) < 4.78 is 0. The van der Waals surface area contributed by atoms with E-state index in [9.17, 15) is 14.4 Å². The van der Waals surface area contributed by atoms with Gasteiger partial charge in [0.15, 0.2) is 0 Å². The third kappa shape index (κ3) is 2.26. The van der Waals surface area contributed by atoms with Gasteiger partial charge in [-0.15, -0.1) is 0 Å². The van der Waals surface area contributed by atoms with E-state index < -0.39 is 17.1 Å². The van der Waals surface area contributed by atoms with Crippen LogP contribution in [0.25, 0.3) is 5.57 Å². The smallest absolute Gasteiger partial charge is 0.290 e. The standard InChI is InChI=1S/C14H8ClN3O3S/c15-7-2-3-9-8(6-7)10(11-12(19)17-14(21)22-11)13(20)18(9)5-1-4-16/h2-3,6H,1,5H2,(H,17,19,21)/b11-10+. The van der Waals surface area contributed by atoms with Gasteiger partial charge in [0.05, 0.1) is 28.7 Å². The number of benzene rings is 1. The van der Waals surface area contributed by atoms with E-state index >= 15 is 0 Å². The number of thioether (sulfide) groups is 1. The van der Waals surface area contributed by atoms with Crippen LogP contribution >= 0.6 is 23.4 Å². The molecular weight excluding hydrogens is 326 g/mol. The maximum absolute atomic E-state index is 12.6. The van der Waals surface area contributed by atoms with E-state index in [1.807, 2.05) is 6.07 Å². The van der Waals surface area contributed by atoms with Crippen molar-refractivity contribution in [3.63, 3.8) is 0 Å². The number of fused-ring (bicyclic) bond motifs is 1. The first-order valence-corrected chi connectivity index (χ1v) is 7.48. The summed E-state index contributed by atoms with van der Waals surface area (Å²) in [5.41, 5.74) is 1.24. The number of imide groups is 1. The predicted octanol–water partition coefficient (Wildman–Crippen LogP) is 2.29. The van der Waals surface area contributed by atoms with Gasteiger partial charge in [-0.05, 0) is 30.0 Å². The zero-order valence-corrected chi connectivity index (χ0v) is 12.6. The van der Waals surface area contributed by atoms with Crippen LogP contribution in [0, 0.1) is 11.3 Å². The van der Waals surface area contributed by atoms with Crippen LogP contribution in [0.5, 0.6) is 0 Å². The van der Waals surface area contributed by atoms with Crippen molar-refractivity contribution in [2.45, 2.75) is 6.42 Å². The highest BCUT2D eigenvalue weighted by atomic mass is 35.5. The quantitative estimate of drug-likeness (QED) is 0.839. The average Bonchev–Trinajstić information content (AvgIpc) is 2.92. The molecule has 0 unspecified atom stereocenters. The molecule has 2 heterocycles. The number of halogens is 1. The number of rotatable bonds is 2. The van der Waals surface area contributed by atoms with Crippen LogP contribution < -0.4 is 10.2 Å². The van der Waals surface area contributed by atoms with Gasteiger partial charge < -0.3 is 4.90 Å². The fourth-order valence-corrected chi connectivity index (χ4v) is 3.33. The minimum absolute atomic E-state index is 0.0676. The summed E-state index contributed by atoms with van der Waals surface area (Å²) in [6.45, 7) is 0.209. The molecule has 8 heteroatoms. The molecule has 1 fully saturated rings. The Balaban J connectivity index is 2.17. The molecule has 0 saturated carbocycles. The number of carbonyl (C=O) groups is 3. The lowest BCUT2D eigenvalue weighted by Gasteiger charge is -2.14. The van der Waals surface area contributed by atoms with Gasteiger partial charge in [-0.3, -0.25) is 19.7 Å². The molecule has 1 saturated heterocycles. The Kier molecular flexibility index (Phi) is 3.64. The Morgan fingerprint density at radius 1 is 1.32 bits per heavy atom. The fraction of sp³-hybridized carbons (Fsp3) is 0.143. The summed E-state index contributed by atoms with van der Waals surface area (Å²) in [5, 5.41) is 10.8. The number of amides is 3. The maximum Gasteiger partial charge on any atom is 0.290 e. The van der Waals surface area contributed by atoms with Crippen LogP contribution in [-0.2, 0) is 9.59 Å². The molecule has 0 aromatic heterocycles. The summed E-state index contributed by atoms with van der Waals surface area (Å²) in [6, 6.07) is 6.87. The summed E-state index contributed by atoms with van der Waals surface area (Å²) in [7, 11) is 0. The summed E-state index contributed by atoms with van der Waals surface area (Å²) in [5.74, 6) is -0.994. The Hall–Kier alpha value is -2.30. The number of anilines is 1. The molecule has 110 valence electrons. The van der Waals surface area contributed by atoms with E-state index in [-0.39, 0.29) is 23.4 Å². The van der Waals surface area contributed by atoms with Gasteiger partial charge in [0.1, 0.15) is 0 Å². The molecule has 6 nitrogen and oxygen atoms in total. The average molecular weight is 334 g/mol. The number of nitriles is 1. The Labute approximate surface area is 134 Å². The van der Waals surface area contributed by atoms with Gasteiger partial charge in [-0.25, -0.2) is 0 Å². The van der Waals surface area contributed by atoms with Crippen LogP contribution in [0.3, 0.4) is 0 Å². The molecule has 0 aliphatic carbocycles. The lowest BCUT2D eigenvalue weighted by molar-refractivity contribution is -0.116. The van der Waals surface area contributed by atoms with E-state index in [4.69, 9.17) is 16.9 Å². The molecule has 1 aromatic carbocycles. The number of nitrogens with zero attached hydrogens (tertiary/aromatic N) is 2. The SMILES string of the molecule is N#CCCN1C(=O)/C(=C2/SC(=O)NC2=O)c2cc(Cl)ccc21. The highest BCUT2D eigenvalue weighted by molar-refractivity contribution is 8.18. The van der Waals surface area contributed by atoms with Gasteiger partial charge in [-0.1, -0.05) is 11.6 Å².